The number of ether oxygens (including phenoxy) is 1. The number of esters is 1. The number of phosphoric acid groups is 1. The molecule has 0 aliphatic carbocycles. The van der Waals surface area contributed by atoms with Crippen LogP contribution in [0, 0.1) is 0 Å². The Kier molecular flexibility index (Phi) is 13.9. The molecule has 162 valence electrons. The minimum absolute atomic E-state index is 0. The maximum atomic E-state index is 11.2. The van der Waals surface area contributed by atoms with Crippen LogP contribution in [0.3, 0.4) is 0 Å². The SMILES string of the molecule is C[C@@](O)(/C=C/[C@H]1CC=CC(=O)O1)[C@@H](C[C@@H](O)\C=C/C=C\C=C\CO)OP(=O)([O-])O.[Na+]. The number of cyclic esters (lactones) is 1. The van der Waals surface area contributed by atoms with Crippen LogP contribution in [0.4, 0.5) is 0 Å². The van der Waals surface area contributed by atoms with Crippen LogP contribution in [0.1, 0.15) is 19.8 Å². The fourth-order valence-corrected chi connectivity index (χ4v) is 2.99. The monoisotopic (exact) mass is 452 g/mol. The van der Waals surface area contributed by atoms with Crippen LogP contribution >= 0.6 is 7.82 Å². The number of phosphoric ester groups is 1. The van der Waals surface area contributed by atoms with Crippen molar-refractivity contribution in [3.05, 3.63) is 60.8 Å². The summed E-state index contributed by atoms with van der Waals surface area (Å²) in [6.07, 6.45) is 11.2. The van der Waals surface area contributed by atoms with Crippen LogP contribution in [-0.4, -0.2) is 56.7 Å². The van der Waals surface area contributed by atoms with Crippen molar-refractivity contribution in [1.29, 1.82) is 0 Å². The van der Waals surface area contributed by atoms with Crippen molar-refractivity contribution in [2.45, 2.75) is 43.7 Å². The second-order valence-electron chi connectivity index (χ2n) is 6.44. The van der Waals surface area contributed by atoms with Crippen LogP contribution in [0.2, 0.25) is 0 Å². The van der Waals surface area contributed by atoms with E-state index >= 15 is 0 Å². The first-order chi connectivity index (χ1) is 13.5. The van der Waals surface area contributed by atoms with E-state index in [0.717, 1.165) is 0 Å². The standard InChI is InChI=1S/C19H27O9P.Na/c1-19(23,12-11-16-9-7-10-18(22)27-16)17(28-29(24,25)26)14-15(21)8-5-3-2-4-6-13-20;/h2-8,10-12,15-17,20-21,23H,9,13-14H2,1H3,(H2,24,25,26);/q;+1/p-1/b3-2-,6-4+,8-5-,12-11+;/t15-,16+,17+,19+;/m0./s1. The Hall–Kier alpha value is -0.840. The number of hydrogen-bond donors (Lipinski definition) is 4. The molecule has 5 atom stereocenters. The quantitative estimate of drug-likeness (QED) is 0.0870. The first-order valence-electron chi connectivity index (χ1n) is 8.83. The average molecular weight is 452 g/mol. The van der Waals surface area contributed by atoms with Gasteiger partial charge >= 0.3 is 35.5 Å². The molecule has 1 aliphatic rings. The van der Waals surface area contributed by atoms with E-state index in [2.05, 4.69) is 4.52 Å². The van der Waals surface area contributed by atoms with Crippen molar-refractivity contribution in [3.63, 3.8) is 0 Å². The number of aliphatic hydroxyl groups excluding tert-OH is 2. The molecule has 0 saturated heterocycles. The maximum absolute atomic E-state index is 11.2. The summed E-state index contributed by atoms with van der Waals surface area (Å²) in [5, 5.41) is 29.3. The fourth-order valence-electron chi connectivity index (χ4n) is 2.37. The van der Waals surface area contributed by atoms with Gasteiger partial charge in [0.25, 0.3) is 7.82 Å². The molecule has 1 aliphatic heterocycles. The average Bonchev–Trinajstić information content (AvgIpc) is 2.61. The molecule has 11 heteroatoms. The largest absolute Gasteiger partial charge is 1.00 e. The summed E-state index contributed by atoms with van der Waals surface area (Å²) in [6.45, 7) is 1.13. The molecular formula is C19H26NaO9P. The Balaban J connectivity index is 0.00000841. The fraction of sp³-hybridized carbons (Fsp3) is 0.421. The van der Waals surface area contributed by atoms with E-state index in [4.69, 9.17) is 14.7 Å². The summed E-state index contributed by atoms with van der Waals surface area (Å²) in [7, 11) is -5.21. The minimum atomic E-state index is -5.21. The molecule has 1 rings (SSSR count). The summed E-state index contributed by atoms with van der Waals surface area (Å²) < 4.78 is 20.8. The van der Waals surface area contributed by atoms with Gasteiger partial charge in [-0.3, -0.25) is 4.57 Å². The first-order valence-corrected chi connectivity index (χ1v) is 10.3. The molecule has 0 amide bonds. The Labute approximate surface area is 197 Å². The summed E-state index contributed by atoms with van der Waals surface area (Å²) in [4.78, 5) is 31.5. The van der Waals surface area contributed by atoms with Gasteiger partial charge in [-0.2, -0.15) is 0 Å². The normalized spacial score (nSPS) is 23.4. The van der Waals surface area contributed by atoms with Gasteiger partial charge < -0.3 is 34.4 Å². The molecule has 1 unspecified atom stereocenters. The number of allylic oxidation sites excluding steroid dienone is 4. The molecule has 0 saturated carbocycles. The number of aliphatic hydroxyl groups is 3. The van der Waals surface area contributed by atoms with Gasteiger partial charge in [0, 0.05) is 18.9 Å². The predicted octanol–water partition coefficient (Wildman–Crippen LogP) is -2.57. The minimum Gasteiger partial charge on any atom is -0.756 e. The molecule has 0 bridgehead atoms. The van der Waals surface area contributed by atoms with Gasteiger partial charge in [-0.05, 0) is 13.0 Å². The molecule has 0 fully saturated rings. The maximum Gasteiger partial charge on any atom is 1.00 e. The van der Waals surface area contributed by atoms with E-state index in [1.165, 1.54) is 43.4 Å². The van der Waals surface area contributed by atoms with Crippen LogP contribution in [0.5, 0.6) is 0 Å². The Morgan fingerprint density at radius 2 is 2.07 bits per heavy atom. The molecule has 0 aromatic heterocycles. The van der Waals surface area contributed by atoms with E-state index in [1.54, 1.807) is 24.3 Å². The van der Waals surface area contributed by atoms with Gasteiger partial charge in [-0.15, -0.1) is 0 Å². The second-order valence-corrected chi connectivity index (χ2v) is 7.59. The van der Waals surface area contributed by atoms with Crippen LogP contribution < -0.4 is 34.5 Å². The van der Waals surface area contributed by atoms with Crippen LogP contribution in [-0.2, 0) is 18.6 Å². The van der Waals surface area contributed by atoms with Crippen molar-refractivity contribution < 1.29 is 73.3 Å². The zero-order valence-electron chi connectivity index (χ0n) is 16.9. The van der Waals surface area contributed by atoms with Gasteiger partial charge in [0.15, 0.2) is 0 Å². The molecule has 1 heterocycles. The van der Waals surface area contributed by atoms with E-state index in [-0.39, 0.29) is 42.6 Å². The third-order valence-electron chi connectivity index (χ3n) is 3.81. The summed E-state index contributed by atoms with van der Waals surface area (Å²) >= 11 is 0. The number of hydrogen-bond acceptors (Lipinski definition) is 8. The van der Waals surface area contributed by atoms with Crippen molar-refractivity contribution in [3.8, 4) is 0 Å². The van der Waals surface area contributed by atoms with Crippen LogP contribution in [0.25, 0.3) is 0 Å². The van der Waals surface area contributed by atoms with Gasteiger partial charge in [-0.25, -0.2) is 4.79 Å². The molecule has 4 N–H and O–H groups in total. The predicted molar refractivity (Wildman–Crippen MR) is 103 cm³/mol. The van der Waals surface area contributed by atoms with E-state index in [0.29, 0.717) is 6.42 Å². The summed E-state index contributed by atoms with van der Waals surface area (Å²) in [6, 6.07) is 0. The van der Waals surface area contributed by atoms with Gasteiger partial charge in [0.1, 0.15) is 17.8 Å². The number of rotatable bonds is 11. The number of carbonyl (C=O) groups excluding carboxylic acids is 1. The van der Waals surface area contributed by atoms with Gasteiger partial charge in [0.05, 0.1) is 12.7 Å². The first kappa shape index (κ1) is 29.2. The molecule has 0 spiro atoms. The van der Waals surface area contributed by atoms with Crippen LogP contribution in [0.15, 0.2) is 60.8 Å². The molecule has 30 heavy (non-hydrogen) atoms. The summed E-state index contributed by atoms with van der Waals surface area (Å²) in [5.74, 6) is -0.541. The smallest absolute Gasteiger partial charge is 0.756 e. The van der Waals surface area contributed by atoms with Gasteiger partial charge in [-0.1, -0.05) is 48.6 Å². The Morgan fingerprint density at radius 1 is 1.40 bits per heavy atom. The van der Waals surface area contributed by atoms with E-state index in [1.807, 2.05) is 0 Å². The molecular weight excluding hydrogens is 426 g/mol. The van der Waals surface area contributed by atoms with E-state index < -0.39 is 37.7 Å². The van der Waals surface area contributed by atoms with Crippen molar-refractivity contribution in [2.75, 3.05) is 6.61 Å². The molecule has 0 aromatic carbocycles. The van der Waals surface area contributed by atoms with E-state index in [9.17, 15) is 24.5 Å². The Bertz CT molecular complexity index is 722. The third-order valence-corrected chi connectivity index (χ3v) is 4.34. The third kappa shape index (κ3) is 12.8. The topological polar surface area (TPSA) is 157 Å². The Morgan fingerprint density at radius 3 is 2.67 bits per heavy atom. The van der Waals surface area contributed by atoms with Crippen molar-refractivity contribution >= 4 is 13.8 Å². The molecule has 9 nitrogen and oxygen atoms in total. The van der Waals surface area contributed by atoms with Crippen molar-refractivity contribution in [2.24, 2.45) is 0 Å². The molecule has 0 radical (unpaired) electrons. The van der Waals surface area contributed by atoms with Crippen molar-refractivity contribution in [1.82, 2.24) is 0 Å². The van der Waals surface area contributed by atoms with Gasteiger partial charge in [0.2, 0.25) is 0 Å². The zero-order valence-corrected chi connectivity index (χ0v) is 19.8. The zero-order chi connectivity index (χ0) is 21.9. The molecule has 0 aromatic rings. The summed E-state index contributed by atoms with van der Waals surface area (Å²) in [5.41, 5.74) is -1.91. The number of carbonyl (C=O) groups is 1. The second kappa shape index (κ2) is 14.3.